The zero-order valence-electron chi connectivity index (χ0n) is 18.4. The highest BCUT2D eigenvalue weighted by Gasteiger charge is 2.20. The first-order chi connectivity index (χ1) is 16.0. The van der Waals surface area contributed by atoms with Crippen LogP contribution in [-0.2, 0) is 11.3 Å². The third-order valence-electron chi connectivity index (χ3n) is 5.58. The first-order valence-corrected chi connectivity index (χ1v) is 12.4. The SMILES string of the molecule is CCn1c(SCC(=O)Nc2ccccc2C(=O)NC2CCCC2)nnc1-c1cccc(Cl)c1. The molecule has 0 saturated heterocycles. The van der Waals surface area contributed by atoms with E-state index in [2.05, 4.69) is 20.8 Å². The van der Waals surface area contributed by atoms with Gasteiger partial charge in [-0.15, -0.1) is 10.2 Å². The van der Waals surface area contributed by atoms with Crippen LogP contribution in [0.3, 0.4) is 0 Å². The molecule has 1 aromatic heterocycles. The van der Waals surface area contributed by atoms with Crippen molar-refractivity contribution >= 4 is 40.9 Å². The van der Waals surface area contributed by atoms with E-state index in [1.807, 2.05) is 35.8 Å². The van der Waals surface area contributed by atoms with Crippen molar-refractivity contribution in [1.29, 1.82) is 0 Å². The summed E-state index contributed by atoms with van der Waals surface area (Å²) in [7, 11) is 0. The fraction of sp³-hybridized carbons (Fsp3) is 0.333. The van der Waals surface area contributed by atoms with Crippen molar-refractivity contribution in [1.82, 2.24) is 20.1 Å². The summed E-state index contributed by atoms with van der Waals surface area (Å²) in [6, 6.07) is 14.7. The molecule has 0 radical (unpaired) electrons. The molecule has 33 heavy (non-hydrogen) atoms. The van der Waals surface area contributed by atoms with E-state index in [0.717, 1.165) is 31.2 Å². The van der Waals surface area contributed by atoms with Crippen LogP contribution in [0.15, 0.2) is 53.7 Å². The Bertz CT molecular complexity index is 1140. The van der Waals surface area contributed by atoms with Crippen LogP contribution in [0.5, 0.6) is 0 Å². The minimum atomic E-state index is -0.212. The average Bonchev–Trinajstić information content (AvgIpc) is 3.47. The molecule has 0 atom stereocenters. The highest BCUT2D eigenvalue weighted by atomic mass is 35.5. The predicted molar refractivity (Wildman–Crippen MR) is 132 cm³/mol. The van der Waals surface area contributed by atoms with Gasteiger partial charge >= 0.3 is 0 Å². The van der Waals surface area contributed by atoms with Gasteiger partial charge in [0.15, 0.2) is 11.0 Å². The molecule has 1 aliphatic carbocycles. The largest absolute Gasteiger partial charge is 0.349 e. The number of aromatic nitrogens is 3. The summed E-state index contributed by atoms with van der Waals surface area (Å²) in [5.74, 6) is 0.488. The van der Waals surface area contributed by atoms with Crippen LogP contribution in [0, 0.1) is 0 Å². The van der Waals surface area contributed by atoms with Gasteiger partial charge in [0.1, 0.15) is 0 Å². The van der Waals surface area contributed by atoms with Crippen molar-refractivity contribution in [2.45, 2.75) is 50.4 Å². The molecule has 1 saturated carbocycles. The first kappa shape index (κ1) is 23.3. The van der Waals surface area contributed by atoms with E-state index in [0.29, 0.717) is 33.8 Å². The topological polar surface area (TPSA) is 88.9 Å². The lowest BCUT2D eigenvalue weighted by Crippen LogP contribution is -2.33. The van der Waals surface area contributed by atoms with Crippen LogP contribution in [0.1, 0.15) is 43.0 Å². The van der Waals surface area contributed by atoms with Crippen molar-refractivity contribution in [3.8, 4) is 11.4 Å². The number of thioether (sulfide) groups is 1. The summed E-state index contributed by atoms with van der Waals surface area (Å²) < 4.78 is 1.95. The second-order valence-electron chi connectivity index (χ2n) is 7.90. The lowest BCUT2D eigenvalue weighted by atomic mass is 10.1. The van der Waals surface area contributed by atoms with Crippen LogP contribution >= 0.6 is 23.4 Å². The Kier molecular flexibility index (Phi) is 7.67. The zero-order chi connectivity index (χ0) is 23.2. The summed E-state index contributed by atoms with van der Waals surface area (Å²) in [4.78, 5) is 25.4. The average molecular weight is 484 g/mol. The normalized spacial score (nSPS) is 13.8. The smallest absolute Gasteiger partial charge is 0.253 e. The number of hydrogen-bond donors (Lipinski definition) is 2. The van der Waals surface area contributed by atoms with Crippen LogP contribution in [0.2, 0.25) is 5.02 Å². The Morgan fingerprint density at radius 3 is 2.67 bits per heavy atom. The van der Waals surface area contributed by atoms with Crippen LogP contribution in [0.25, 0.3) is 11.4 Å². The molecule has 1 heterocycles. The molecule has 2 aromatic carbocycles. The van der Waals surface area contributed by atoms with Crippen molar-refractivity contribution in [2.75, 3.05) is 11.1 Å². The first-order valence-electron chi connectivity index (χ1n) is 11.1. The van der Waals surface area contributed by atoms with Crippen molar-refractivity contribution in [3.05, 3.63) is 59.1 Å². The molecule has 0 unspecified atom stereocenters. The van der Waals surface area contributed by atoms with Gasteiger partial charge in [-0.2, -0.15) is 0 Å². The van der Waals surface area contributed by atoms with Crippen molar-refractivity contribution in [2.24, 2.45) is 0 Å². The quantitative estimate of drug-likeness (QED) is 0.439. The molecular formula is C24H26ClN5O2S. The number of nitrogens with zero attached hydrogens (tertiary/aromatic N) is 3. The maximum atomic E-state index is 12.7. The lowest BCUT2D eigenvalue weighted by molar-refractivity contribution is -0.113. The van der Waals surface area contributed by atoms with Crippen molar-refractivity contribution < 1.29 is 9.59 Å². The van der Waals surface area contributed by atoms with E-state index in [1.165, 1.54) is 11.8 Å². The van der Waals surface area contributed by atoms with Gasteiger partial charge < -0.3 is 15.2 Å². The minimum Gasteiger partial charge on any atom is -0.349 e. The van der Waals surface area contributed by atoms with E-state index >= 15 is 0 Å². The van der Waals surface area contributed by atoms with Crippen LogP contribution in [-0.4, -0.2) is 38.4 Å². The fourth-order valence-corrected chi connectivity index (χ4v) is 4.95. The molecule has 3 aromatic rings. The van der Waals surface area contributed by atoms with E-state index in [1.54, 1.807) is 24.3 Å². The standard InChI is InChI=1S/C24H26ClN5O2S/c1-2-30-22(16-8-7-9-17(25)14-16)28-29-24(30)33-15-21(31)27-20-13-6-5-12-19(20)23(32)26-18-10-3-4-11-18/h5-9,12-14,18H,2-4,10-11,15H2,1H3,(H,26,32)(H,27,31). The summed E-state index contributed by atoms with van der Waals surface area (Å²) in [5, 5.41) is 15.8. The lowest BCUT2D eigenvalue weighted by Gasteiger charge is -2.15. The Hall–Kier alpha value is -2.84. The Balaban J connectivity index is 1.41. The second kappa shape index (κ2) is 10.9. The van der Waals surface area contributed by atoms with E-state index in [9.17, 15) is 9.59 Å². The minimum absolute atomic E-state index is 0.145. The number of carbonyl (C=O) groups is 2. The van der Waals surface area contributed by atoms with Gasteiger partial charge in [0.05, 0.1) is 17.0 Å². The molecule has 0 aliphatic heterocycles. The van der Waals surface area contributed by atoms with Gasteiger partial charge in [0.25, 0.3) is 5.91 Å². The maximum Gasteiger partial charge on any atom is 0.253 e. The van der Waals surface area contributed by atoms with Crippen LogP contribution < -0.4 is 10.6 Å². The molecular weight excluding hydrogens is 458 g/mol. The van der Waals surface area contributed by atoms with Gasteiger partial charge in [-0.1, -0.05) is 60.5 Å². The van der Waals surface area contributed by atoms with Crippen molar-refractivity contribution in [3.63, 3.8) is 0 Å². The zero-order valence-corrected chi connectivity index (χ0v) is 20.0. The van der Waals surface area contributed by atoms with Gasteiger partial charge in [-0.3, -0.25) is 9.59 Å². The van der Waals surface area contributed by atoms with Gasteiger partial charge in [0, 0.05) is 23.2 Å². The summed E-state index contributed by atoms with van der Waals surface area (Å²) in [5.41, 5.74) is 1.85. The molecule has 4 rings (SSSR count). The Morgan fingerprint density at radius 2 is 1.91 bits per heavy atom. The van der Waals surface area contributed by atoms with E-state index < -0.39 is 0 Å². The molecule has 0 spiro atoms. The molecule has 9 heteroatoms. The number of halogens is 1. The van der Waals surface area contributed by atoms with E-state index in [4.69, 9.17) is 11.6 Å². The molecule has 2 amide bonds. The monoisotopic (exact) mass is 483 g/mol. The molecule has 172 valence electrons. The van der Waals surface area contributed by atoms with Crippen LogP contribution in [0.4, 0.5) is 5.69 Å². The van der Waals surface area contributed by atoms with E-state index in [-0.39, 0.29) is 23.6 Å². The Morgan fingerprint density at radius 1 is 1.12 bits per heavy atom. The predicted octanol–water partition coefficient (Wildman–Crippen LogP) is 5.02. The highest BCUT2D eigenvalue weighted by Crippen LogP contribution is 2.26. The third kappa shape index (κ3) is 5.75. The number of rotatable bonds is 8. The molecule has 1 aliphatic rings. The Labute approximate surface area is 202 Å². The molecule has 2 N–H and O–H groups in total. The number of carbonyl (C=O) groups excluding carboxylic acids is 2. The molecule has 0 bridgehead atoms. The summed E-state index contributed by atoms with van der Waals surface area (Å²) in [6.07, 6.45) is 4.29. The summed E-state index contributed by atoms with van der Waals surface area (Å²) >= 11 is 7.42. The number of anilines is 1. The molecule has 7 nitrogen and oxygen atoms in total. The van der Waals surface area contributed by atoms with Gasteiger partial charge in [0.2, 0.25) is 5.91 Å². The number of para-hydroxylation sites is 1. The highest BCUT2D eigenvalue weighted by molar-refractivity contribution is 7.99. The number of nitrogens with one attached hydrogen (secondary N) is 2. The fourth-order valence-electron chi connectivity index (χ4n) is 3.96. The maximum absolute atomic E-state index is 12.7. The summed E-state index contributed by atoms with van der Waals surface area (Å²) in [6.45, 7) is 2.66. The number of hydrogen-bond acceptors (Lipinski definition) is 5. The third-order valence-corrected chi connectivity index (χ3v) is 6.79. The molecule has 1 fully saturated rings. The number of benzene rings is 2. The second-order valence-corrected chi connectivity index (χ2v) is 9.28. The van der Waals surface area contributed by atoms with Gasteiger partial charge in [-0.05, 0) is 44.0 Å². The number of amides is 2. The van der Waals surface area contributed by atoms with Gasteiger partial charge in [-0.25, -0.2) is 0 Å².